The van der Waals surface area contributed by atoms with Crippen molar-refractivity contribution in [1.29, 1.82) is 0 Å². The number of nitrogens with zero attached hydrogens (tertiary/aromatic N) is 1. The summed E-state index contributed by atoms with van der Waals surface area (Å²) in [5, 5.41) is 3.45. The number of ether oxygens (including phenoxy) is 1. The van der Waals surface area contributed by atoms with E-state index >= 15 is 0 Å². The predicted octanol–water partition coefficient (Wildman–Crippen LogP) is 4.60. The van der Waals surface area contributed by atoms with Crippen molar-refractivity contribution in [1.82, 2.24) is 4.98 Å². The number of benzene rings is 1. The zero-order valence-corrected chi connectivity index (χ0v) is 13.3. The summed E-state index contributed by atoms with van der Waals surface area (Å²) < 4.78 is 5.70. The van der Waals surface area contributed by atoms with Crippen LogP contribution < -0.4 is 10.1 Å². The molecule has 0 aliphatic heterocycles. The van der Waals surface area contributed by atoms with Crippen LogP contribution in [0.3, 0.4) is 0 Å². The molecule has 0 fully saturated rings. The second-order valence-electron chi connectivity index (χ2n) is 5.83. The highest BCUT2D eigenvalue weighted by Crippen LogP contribution is 2.21. The van der Waals surface area contributed by atoms with Crippen molar-refractivity contribution < 1.29 is 4.74 Å². The highest BCUT2D eigenvalue weighted by Gasteiger charge is 2.06. The van der Waals surface area contributed by atoms with Gasteiger partial charge in [0, 0.05) is 11.7 Å². The fourth-order valence-corrected chi connectivity index (χ4v) is 2.00. The molecule has 0 aliphatic carbocycles. The Morgan fingerprint density at radius 3 is 2.33 bits per heavy atom. The van der Waals surface area contributed by atoms with Gasteiger partial charge in [-0.2, -0.15) is 0 Å². The number of anilines is 1. The number of hydrogen-bond donors (Lipinski definition) is 1. The molecule has 1 N–H and O–H groups in total. The summed E-state index contributed by atoms with van der Waals surface area (Å²) in [5.41, 5.74) is 3.29. The molecular weight excluding hydrogens is 260 g/mol. The second-order valence-corrected chi connectivity index (χ2v) is 5.83. The van der Waals surface area contributed by atoms with E-state index in [-0.39, 0.29) is 6.04 Å². The maximum atomic E-state index is 5.70. The normalized spacial score (nSPS) is 12.2. The van der Waals surface area contributed by atoms with Crippen LogP contribution in [0.15, 0.2) is 42.6 Å². The van der Waals surface area contributed by atoms with E-state index in [0.717, 1.165) is 23.7 Å². The quantitative estimate of drug-likeness (QED) is 0.842. The minimum atomic E-state index is 0.230. The van der Waals surface area contributed by atoms with Crippen molar-refractivity contribution in [3.8, 4) is 5.75 Å². The molecule has 3 nitrogen and oxygen atoms in total. The van der Waals surface area contributed by atoms with E-state index in [4.69, 9.17) is 4.74 Å². The Hall–Kier alpha value is -2.03. The van der Waals surface area contributed by atoms with Gasteiger partial charge < -0.3 is 10.1 Å². The molecule has 1 aromatic carbocycles. The van der Waals surface area contributed by atoms with Crippen molar-refractivity contribution in [2.45, 2.75) is 33.7 Å². The van der Waals surface area contributed by atoms with Crippen molar-refractivity contribution in [3.05, 3.63) is 53.9 Å². The van der Waals surface area contributed by atoms with Crippen LogP contribution in [0.25, 0.3) is 0 Å². The van der Waals surface area contributed by atoms with Crippen LogP contribution in [0.1, 0.15) is 38.1 Å². The molecule has 1 unspecified atom stereocenters. The zero-order chi connectivity index (χ0) is 15.2. The van der Waals surface area contributed by atoms with Crippen LogP contribution in [0.4, 0.5) is 5.69 Å². The summed E-state index contributed by atoms with van der Waals surface area (Å²) in [4.78, 5) is 4.30. The number of aromatic nitrogens is 1. The van der Waals surface area contributed by atoms with Crippen molar-refractivity contribution in [3.63, 3.8) is 0 Å². The molecule has 0 saturated heterocycles. The highest BCUT2D eigenvalue weighted by molar-refractivity contribution is 5.44. The smallest absolute Gasteiger partial charge is 0.119 e. The topological polar surface area (TPSA) is 34.1 Å². The van der Waals surface area contributed by atoms with Gasteiger partial charge in [0.05, 0.1) is 18.5 Å². The lowest BCUT2D eigenvalue weighted by atomic mass is 10.1. The first-order valence-electron chi connectivity index (χ1n) is 7.46. The molecule has 0 bridgehead atoms. The average molecular weight is 284 g/mol. The third kappa shape index (κ3) is 4.78. The van der Waals surface area contributed by atoms with Gasteiger partial charge in [0.15, 0.2) is 0 Å². The largest absolute Gasteiger partial charge is 0.493 e. The molecular formula is C18H24N2O. The van der Waals surface area contributed by atoms with E-state index in [1.54, 1.807) is 0 Å². The number of rotatable bonds is 6. The Kier molecular flexibility index (Phi) is 5.20. The standard InChI is InChI=1S/C18H24N2O/c1-13(2)12-21-18-9-6-16(7-10-18)15(4)20-17-8-5-14(3)19-11-17/h5-11,13,15,20H,12H2,1-4H3. The lowest BCUT2D eigenvalue weighted by Gasteiger charge is -2.16. The third-order valence-corrected chi connectivity index (χ3v) is 3.26. The number of pyridine rings is 1. The van der Waals surface area contributed by atoms with E-state index in [2.05, 4.69) is 49.3 Å². The molecule has 0 aliphatic rings. The monoisotopic (exact) mass is 284 g/mol. The van der Waals surface area contributed by atoms with Crippen molar-refractivity contribution >= 4 is 5.69 Å². The van der Waals surface area contributed by atoms with E-state index in [9.17, 15) is 0 Å². The van der Waals surface area contributed by atoms with Crippen molar-refractivity contribution in [2.75, 3.05) is 11.9 Å². The van der Waals surface area contributed by atoms with Crippen LogP contribution in [-0.2, 0) is 0 Å². The maximum absolute atomic E-state index is 5.70. The molecule has 2 rings (SSSR count). The fraction of sp³-hybridized carbons (Fsp3) is 0.389. The number of aryl methyl sites for hydroxylation is 1. The third-order valence-electron chi connectivity index (χ3n) is 3.26. The first kappa shape index (κ1) is 15.4. The van der Waals surface area contributed by atoms with Gasteiger partial charge in [-0.05, 0) is 49.6 Å². The molecule has 0 radical (unpaired) electrons. The zero-order valence-electron chi connectivity index (χ0n) is 13.3. The Balaban J connectivity index is 1.96. The van der Waals surface area contributed by atoms with Gasteiger partial charge in [-0.3, -0.25) is 4.98 Å². The summed E-state index contributed by atoms with van der Waals surface area (Å²) in [6.45, 7) is 9.18. The van der Waals surface area contributed by atoms with E-state index in [1.807, 2.05) is 31.3 Å². The van der Waals surface area contributed by atoms with Gasteiger partial charge in [0.2, 0.25) is 0 Å². The van der Waals surface area contributed by atoms with E-state index in [0.29, 0.717) is 5.92 Å². The summed E-state index contributed by atoms with van der Waals surface area (Å²) in [6.07, 6.45) is 1.87. The van der Waals surface area contributed by atoms with Gasteiger partial charge in [-0.25, -0.2) is 0 Å². The molecule has 1 aromatic heterocycles. The molecule has 1 heterocycles. The van der Waals surface area contributed by atoms with Gasteiger partial charge in [-0.15, -0.1) is 0 Å². The van der Waals surface area contributed by atoms with Crippen LogP contribution in [-0.4, -0.2) is 11.6 Å². The summed E-state index contributed by atoms with van der Waals surface area (Å²) in [7, 11) is 0. The molecule has 0 amide bonds. The maximum Gasteiger partial charge on any atom is 0.119 e. The average Bonchev–Trinajstić information content (AvgIpc) is 2.48. The molecule has 2 aromatic rings. The van der Waals surface area contributed by atoms with Crippen molar-refractivity contribution in [2.24, 2.45) is 5.92 Å². The first-order valence-corrected chi connectivity index (χ1v) is 7.46. The lowest BCUT2D eigenvalue weighted by Crippen LogP contribution is -2.07. The van der Waals surface area contributed by atoms with Gasteiger partial charge >= 0.3 is 0 Å². The molecule has 0 spiro atoms. The van der Waals surface area contributed by atoms with Gasteiger partial charge in [0.25, 0.3) is 0 Å². The predicted molar refractivity (Wildman–Crippen MR) is 87.8 cm³/mol. The van der Waals surface area contributed by atoms with Crippen LogP contribution >= 0.6 is 0 Å². The Bertz CT molecular complexity index is 546. The Morgan fingerprint density at radius 1 is 1.05 bits per heavy atom. The van der Waals surface area contributed by atoms with Gasteiger partial charge in [-0.1, -0.05) is 26.0 Å². The lowest BCUT2D eigenvalue weighted by molar-refractivity contribution is 0.271. The first-order chi connectivity index (χ1) is 10.0. The summed E-state index contributed by atoms with van der Waals surface area (Å²) >= 11 is 0. The number of hydrogen-bond acceptors (Lipinski definition) is 3. The second kappa shape index (κ2) is 7.11. The van der Waals surface area contributed by atoms with Crippen LogP contribution in [0.2, 0.25) is 0 Å². The Morgan fingerprint density at radius 2 is 1.76 bits per heavy atom. The van der Waals surface area contributed by atoms with E-state index in [1.165, 1.54) is 5.56 Å². The molecule has 0 saturated carbocycles. The van der Waals surface area contributed by atoms with Crippen LogP contribution in [0.5, 0.6) is 5.75 Å². The van der Waals surface area contributed by atoms with Gasteiger partial charge in [0.1, 0.15) is 5.75 Å². The minimum absolute atomic E-state index is 0.230. The molecule has 3 heteroatoms. The van der Waals surface area contributed by atoms with Crippen LogP contribution in [0, 0.1) is 12.8 Å². The fourth-order valence-electron chi connectivity index (χ4n) is 2.00. The molecule has 21 heavy (non-hydrogen) atoms. The Labute approximate surface area is 127 Å². The SMILES string of the molecule is Cc1ccc(NC(C)c2ccc(OCC(C)C)cc2)cn1. The summed E-state index contributed by atoms with van der Waals surface area (Å²) in [5.74, 6) is 1.47. The number of nitrogens with one attached hydrogen (secondary N) is 1. The van der Waals surface area contributed by atoms with E-state index < -0.39 is 0 Å². The minimum Gasteiger partial charge on any atom is -0.493 e. The molecule has 112 valence electrons. The summed E-state index contributed by atoms with van der Waals surface area (Å²) in [6, 6.07) is 12.6. The highest BCUT2D eigenvalue weighted by atomic mass is 16.5. The molecule has 1 atom stereocenters.